The van der Waals surface area contributed by atoms with Crippen molar-refractivity contribution >= 4 is 0 Å². The maximum atomic E-state index is 5.36. The van der Waals surface area contributed by atoms with Crippen LogP contribution in [0.3, 0.4) is 0 Å². The first-order valence-corrected chi connectivity index (χ1v) is 7.28. The number of ether oxygens (including phenoxy) is 1. The van der Waals surface area contributed by atoms with Crippen molar-refractivity contribution in [2.24, 2.45) is 0 Å². The zero-order valence-corrected chi connectivity index (χ0v) is 12.6. The van der Waals surface area contributed by atoms with Crippen LogP contribution < -0.4 is 10.1 Å². The number of benzene rings is 2. The van der Waals surface area contributed by atoms with Crippen LogP contribution in [-0.2, 0) is 13.1 Å². The number of hydrogen-bond acceptors (Lipinski definition) is 3. The van der Waals surface area contributed by atoms with Crippen molar-refractivity contribution in [2.75, 3.05) is 7.11 Å². The first kappa shape index (κ1) is 14.4. The molecule has 0 bridgehead atoms. The van der Waals surface area contributed by atoms with Crippen molar-refractivity contribution in [3.05, 3.63) is 78.1 Å². The summed E-state index contributed by atoms with van der Waals surface area (Å²) in [5.41, 5.74) is 3.46. The summed E-state index contributed by atoms with van der Waals surface area (Å²) >= 11 is 0. The van der Waals surface area contributed by atoms with E-state index in [9.17, 15) is 0 Å². The molecule has 112 valence electrons. The molecule has 3 aromatic rings. The fraction of sp³-hybridized carbons (Fsp3) is 0.167. The fourth-order valence-corrected chi connectivity index (χ4v) is 2.42. The average Bonchev–Trinajstić information content (AvgIpc) is 3.10. The minimum atomic E-state index is 0.774. The van der Waals surface area contributed by atoms with Crippen LogP contribution in [-0.4, -0.2) is 16.9 Å². The molecule has 0 unspecified atom stereocenters. The van der Waals surface area contributed by atoms with Gasteiger partial charge in [-0.2, -0.15) is 5.10 Å². The van der Waals surface area contributed by atoms with Crippen LogP contribution in [0, 0.1) is 0 Å². The molecule has 0 saturated carbocycles. The summed E-state index contributed by atoms with van der Waals surface area (Å²) in [7, 11) is 1.70. The summed E-state index contributed by atoms with van der Waals surface area (Å²) in [6, 6.07) is 18.3. The van der Waals surface area contributed by atoms with Crippen molar-refractivity contribution in [1.29, 1.82) is 0 Å². The predicted molar refractivity (Wildman–Crippen MR) is 87.1 cm³/mol. The summed E-state index contributed by atoms with van der Waals surface area (Å²) < 4.78 is 7.23. The lowest BCUT2D eigenvalue weighted by Gasteiger charge is -2.10. The summed E-state index contributed by atoms with van der Waals surface area (Å²) in [5, 5.41) is 7.71. The molecule has 1 heterocycles. The van der Waals surface area contributed by atoms with Gasteiger partial charge >= 0.3 is 0 Å². The number of methoxy groups -OCH3 is 1. The molecule has 0 amide bonds. The Bertz CT molecular complexity index is 723. The van der Waals surface area contributed by atoms with Gasteiger partial charge in [0.2, 0.25) is 0 Å². The van der Waals surface area contributed by atoms with Crippen LogP contribution >= 0.6 is 0 Å². The van der Waals surface area contributed by atoms with Gasteiger partial charge in [0.15, 0.2) is 0 Å². The van der Waals surface area contributed by atoms with Gasteiger partial charge in [-0.15, -0.1) is 0 Å². The normalized spacial score (nSPS) is 10.6. The number of hydrogen-bond donors (Lipinski definition) is 1. The van der Waals surface area contributed by atoms with Crippen LogP contribution in [0.25, 0.3) is 5.69 Å². The number of aromatic nitrogens is 2. The maximum absolute atomic E-state index is 5.36. The Labute approximate surface area is 130 Å². The molecule has 0 spiro atoms. The second-order valence-electron chi connectivity index (χ2n) is 5.04. The van der Waals surface area contributed by atoms with Crippen LogP contribution in [0.5, 0.6) is 5.75 Å². The van der Waals surface area contributed by atoms with Gasteiger partial charge in [-0.05, 0) is 29.8 Å². The van der Waals surface area contributed by atoms with Crippen LogP contribution in [0.4, 0.5) is 0 Å². The smallest absolute Gasteiger partial charge is 0.123 e. The Morgan fingerprint density at radius 2 is 1.95 bits per heavy atom. The Hall–Kier alpha value is -2.59. The van der Waals surface area contributed by atoms with Gasteiger partial charge in [-0.3, -0.25) is 0 Å². The van der Waals surface area contributed by atoms with E-state index in [1.54, 1.807) is 13.3 Å². The maximum Gasteiger partial charge on any atom is 0.123 e. The lowest BCUT2D eigenvalue weighted by atomic mass is 10.1. The molecular formula is C18H19N3O. The molecule has 0 aliphatic rings. The third-order valence-corrected chi connectivity index (χ3v) is 3.52. The second kappa shape index (κ2) is 6.91. The molecule has 0 aliphatic heterocycles. The van der Waals surface area contributed by atoms with Gasteiger partial charge in [0, 0.05) is 31.0 Å². The fourth-order valence-electron chi connectivity index (χ4n) is 2.42. The predicted octanol–water partition coefficient (Wildman–Crippen LogP) is 3.17. The van der Waals surface area contributed by atoms with Crippen molar-refractivity contribution in [3.8, 4) is 11.4 Å². The molecule has 0 atom stereocenters. The molecular weight excluding hydrogens is 274 g/mol. The Morgan fingerprint density at radius 1 is 1.05 bits per heavy atom. The molecule has 0 aliphatic carbocycles. The highest BCUT2D eigenvalue weighted by Crippen LogP contribution is 2.17. The minimum absolute atomic E-state index is 0.774. The van der Waals surface area contributed by atoms with Gasteiger partial charge in [-0.25, -0.2) is 4.68 Å². The largest absolute Gasteiger partial charge is 0.496 e. The topological polar surface area (TPSA) is 39.1 Å². The zero-order chi connectivity index (χ0) is 15.2. The molecule has 4 heteroatoms. The van der Waals surface area contributed by atoms with Gasteiger partial charge in [-0.1, -0.05) is 30.3 Å². The quantitative estimate of drug-likeness (QED) is 0.758. The summed E-state index contributed by atoms with van der Waals surface area (Å²) in [6.07, 6.45) is 3.73. The molecule has 2 aromatic carbocycles. The Balaban J connectivity index is 1.63. The summed E-state index contributed by atoms with van der Waals surface area (Å²) in [5.74, 6) is 0.917. The summed E-state index contributed by atoms with van der Waals surface area (Å²) in [6.45, 7) is 1.57. The average molecular weight is 293 g/mol. The van der Waals surface area contributed by atoms with Gasteiger partial charge in [0.1, 0.15) is 5.75 Å². The molecule has 0 fully saturated rings. The van der Waals surface area contributed by atoms with Crippen LogP contribution in [0.1, 0.15) is 11.1 Å². The first-order valence-electron chi connectivity index (χ1n) is 7.28. The number of nitrogens with one attached hydrogen (secondary N) is 1. The molecule has 22 heavy (non-hydrogen) atoms. The van der Waals surface area contributed by atoms with Crippen molar-refractivity contribution in [1.82, 2.24) is 15.1 Å². The van der Waals surface area contributed by atoms with E-state index in [2.05, 4.69) is 40.7 Å². The summed E-state index contributed by atoms with van der Waals surface area (Å²) in [4.78, 5) is 0. The van der Waals surface area contributed by atoms with Gasteiger partial charge in [0.25, 0.3) is 0 Å². The zero-order valence-electron chi connectivity index (χ0n) is 12.6. The van der Waals surface area contributed by atoms with Crippen molar-refractivity contribution < 1.29 is 4.74 Å². The number of nitrogens with zero attached hydrogens (tertiary/aromatic N) is 2. The Kier molecular flexibility index (Phi) is 4.51. The van der Waals surface area contributed by atoms with Crippen molar-refractivity contribution in [2.45, 2.75) is 13.1 Å². The van der Waals surface area contributed by atoms with E-state index in [1.165, 1.54) is 5.56 Å². The molecule has 0 saturated heterocycles. The third-order valence-electron chi connectivity index (χ3n) is 3.52. The first-order chi connectivity index (χ1) is 10.9. The van der Waals surface area contributed by atoms with E-state index in [4.69, 9.17) is 4.74 Å². The highest BCUT2D eigenvalue weighted by Gasteiger charge is 2.02. The molecule has 1 N–H and O–H groups in total. The van der Waals surface area contributed by atoms with Crippen molar-refractivity contribution in [3.63, 3.8) is 0 Å². The van der Waals surface area contributed by atoms with E-state index in [0.29, 0.717) is 0 Å². The van der Waals surface area contributed by atoms with Gasteiger partial charge in [0.05, 0.1) is 12.8 Å². The standard InChI is InChI=1S/C18H19N3O/c1-22-18-9-3-2-7-16(18)14-19-13-15-6-4-8-17(12-15)21-11-5-10-20-21/h2-12,19H,13-14H2,1H3. The number of para-hydroxylation sites is 1. The van der Waals surface area contributed by atoms with E-state index >= 15 is 0 Å². The lowest BCUT2D eigenvalue weighted by molar-refractivity contribution is 0.407. The highest BCUT2D eigenvalue weighted by atomic mass is 16.5. The Morgan fingerprint density at radius 3 is 2.77 bits per heavy atom. The molecule has 1 aromatic heterocycles. The van der Waals surface area contributed by atoms with E-state index in [0.717, 1.165) is 30.1 Å². The minimum Gasteiger partial charge on any atom is -0.496 e. The number of rotatable bonds is 6. The molecule has 3 rings (SSSR count). The van der Waals surface area contributed by atoms with Gasteiger partial charge < -0.3 is 10.1 Å². The van der Waals surface area contributed by atoms with E-state index in [1.807, 2.05) is 35.1 Å². The lowest BCUT2D eigenvalue weighted by Crippen LogP contribution is -2.13. The third kappa shape index (κ3) is 3.35. The monoisotopic (exact) mass is 293 g/mol. The highest BCUT2D eigenvalue weighted by molar-refractivity contribution is 5.35. The SMILES string of the molecule is COc1ccccc1CNCc1cccc(-n2cccn2)c1. The molecule has 0 radical (unpaired) electrons. The van der Waals surface area contributed by atoms with Crippen LogP contribution in [0.2, 0.25) is 0 Å². The second-order valence-corrected chi connectivity index (χ2v) is 5.04. The molecule has 4 nitrogen and oxygen atoms in total. The van der Waals surface area contributed by atoms with E-state index in [-0.39, 0.29) is 0 Å². The van der Waals surface area contributed by atoms with Crippen LogP contribution in [0.15, 0.2) is 67.0 Å². The van der Waals surface area contributed by atoms with E-state index < -0.39 is 0 Å².